The number of thiophene rings is 1. The Bertz CT molecular complexity index is 861. The lowest BCUT2D eigenvalue weighted by molar-refractivity contribution is -0.113. The third-order valence-corrected chi connectivity index (χ3v) is 5.47. The Morgan fingerprint density at radius 1 is 1.30 bits per heavy atom. The molecule has 0 aliphatic heterocycles. The van der Waals surface area contributed by atoms with E-state index in [1.807, 2.05) is 13.0 Å². The van der Waals surface area contributed by atoms with Crippen molar-refractivity contribution in [1.82, 2.24) is 15.0 Å². The molecule has 118 valence electrons. The number of fused-ring (bicyclic) bond motifs is 1. The van der Waals surface area contributed by atoms with Gasteiger partial charge in [0.25, 0.3) is 0 Å². The highest BCUT2D eigenvalue weighted by molar-refractivity contribution is 8.00. The number of amides is 1. The Labute approximate surface area is 142 Å². The monoisotopic (exact) mass is 344 g/mol. The summed E-state index contributed by atoms with van der Waals surface area (Å²) in [5, 5.41) is 4.77. The number of anilines is 1. The average molecular weight is 344 g/mol. The lowest BCUT2D eigenvalue weighted by Gasteiger charge is -2.06. The van der Waals surface area contributed by atoms with Gasteiger partial charge >= 0.3 is 0 Å². The zero-order valence-corrected chi connectivity index (χ0v) is 14.7. The molecule has 3 rings (SSSR count). The number of hydrogen-bond donors (Lipinski definition) is 1. The van der Waals surface area contributed by atoms with Crippen LogP contribution in [0, 0.1) is 20.8 Å². The molecule has 0 spiro atoms. The van der Waals surface area contributed by atoms with Crippen molar-refractivity contribution >= 4 is 44.9 Å². The molecule has 3 heterocycles. The van der Waals surface area contributed by atoms with E-state index in [1.54, 1.807) is 29.8 Å². The van der Waals surface area contributed by atoms with Gasteiger partial charge in [-0.25, -0.2) is 9.97 Å². The Kier molecular flexibility index (Phi) is 4.58. The molecular formula is C16H16N4OS2. The number of carbonyl (C=O) groups is 1. The van der Waals surface area contributed by atoms with E-state index in [4.69, 9.17) is 0 Å². The number of rotatable bonds is 4. The smallest absolute Gasteiger partial charge is 0.234 e. The van der Waals surface area contributed by atoms with E-state index in [0.717, 1.165) is 21.1 Å². The molecule has 0 aliphatic carbocycles. The first kappa shape index (κ1) is 15.9. The maximum Gasteiger partial charge on any atom is 0.234 e. The fraction of sp³-hybridized carbons (Fsp3) is 0.250. The standard InChI is InChI=1S/C16H16N4OS2/c1-9-10(2)23-16-14(9)15(18-11(3)19-16)22-8-13(21)20-12-5-4-6-17-7-12/h4-7H,8H2,1-3H3,(H,20,21). The molecule has 5 nitrogen and oxygen atoms in total. The van der Waals surface area contributed by atoms with Crippen molar-refractivity contribution in [3.8, 4) is 0 Å². The van der Waals surface area contributed by atoms with E-state index in [1.165, 1.54) is 22.2 Å². The van der Waals surface area contributed by atoms with Crippen LogP contribution in [0.5, 0.6) is 0 Å². The SMILES string of the molecule is Cc1nc(SCC(=O)Nc2cccnc2)c2c(C)c(C)sc2n1. The molecule has 0 radical (unpaired) electrons. The second kappa shape index (κ2) is 6.64. The largest absolute Gasteiger partial charge is 0.324 e. The van der Waals surface area contributed by atoms with Crippen LogP contribution in [0.15, 0.2) is 29.6 Å². The van der Waals surface area contributed by atoms with Gasteiger partial charge in [-0.05, 0) is 38.5 Å². The quantitative estimate of drug-likeness (QED) is 0.577. The molecule has 0 aromatic carbocycles. The Morgan fingerprint density at radius 2 is 2.13 bits per heavy atom. The van der Waals surface area contributed by atoms with Crippen LogP contribution in [0.4, 0.5) is 5.69 Å². The summed E-state index contributed by atoms with van der Waals surface area (Å²) < 4.78 is 0. The zero-order valence-electron chi connectivity index (χ0n) is 13.1. The van der Waals surface area contributed by atoms with Crippen LogP contribution in [-0.4, -0.2) is 26.6 Å². The molecule has 3 aromatic rings. The normalized spacial score (nSPS) is 10.9. The van der Waals surface area contributed by atoms with Crippen molar-refractivity contribution in [2.24, 2.45) is 0 Å². The van der Waals surface area contributed by atoms with Gasteiger partial charge in [0.15, 0.2) is 0 Å². The first-order chi connectivity index (χ1) is 11.0. The minimum absolute atomic E-state index is 0.0722. The summed E-state index contributed by atoms with van der Waals surface area (Å²) in [5.74, 6) is 0.959. The van der Waals surface area contributed by atoms with E-state index in [0.29, 0.717) is 11.4 Å². The summed E-state index contributed by atoms with van der Waals surface area (Å²) >= 11 is 3.11. The summed E-state index contributed by atoms with van der Waals surface area (Å²) in [6.07, 6.45) is 3.30. The summed E-state index contributed by atoms with van der Waals surface area (Å²) in [6, 6.07) is 3.60. The van der Waals surface area contributed by atoms with Crippen LogP contribution in [0.2, 0.25) is 0 Å². The fourth-order valence-electron chi connectivity index (χ4n) is 2.19. The predicted octanol–water partition coefficient (Wildman–Crippen LogP) is 3.74. The van der Waals surface area contributed by atoms with Crippen LogP contribution in [0.25, 0.3) is 10.2 Å². The predicted molar refractivity (Wildman–Crippen MR) is 95.2 cm³/mol. The molecule has 0 saturated carbocycles. The van der Waals surface area contributed by atoms with E-state index in [9.17, 15) is 4.79 Å². The van der Waals surface area contributed by atoms with Crippen LogP contribution >= 0.6 is 23.1 Å². The number of thioether (sulfide) groups is 1. The van der Waals surface area contributed by atoms with Crippen LogP contribution in [0.3, 0.4) is 0 Å². The van der Waals surface area contributed by atoms with Gasteiger partial charge < -0.3 is 5.32 Å². The molecule has 0 bridgehead atoms. The summed E-state index contributed by atoms with van der Waals surface area (Å²) in [7, 11) is 0. The van der Waals surface area contributed by atoms with Crippen molar-refractivity contribution in [1.29, 1.82) is 0 Å². The van der Waals surface area contributed by atoms with Gasteiger partial charge in [0, 0.05) is 16.5 Å². The minimum Gasteiger partial charge on any atom is -0.324 e. The second-order valence-corrected chi connectivity index (χ2v) is 7.29. The van der Waals surface area contributed by atoms with Crippen LogP contribution in [-0.2, 0) is 4.79 Å². The number of aryl methyl sites for hydroxylation is 3. The Morgan fingerprint density at radius 3 is 2.87 bits per heavy atom. The topological polar surface area (TPSA) is 67.8 Å². The molecule has 1 amide bonds. The number of hydrogen-bond acceptors (Lipinski definition) is 6. The van der Waals surface area contributed by atoms with E-state index < -0.39 is 0 Å². The highest BCUT2D eigenvalue weighted by atomic mass is 32.2. The van der Waals surface area contributed by atoms with Gasteiger partial charge in [-0.2, -0.15) is 0 Å². The molecule has 1 N–H and O–H groups in total. The van der Waals surface area contributed by atoms with Crippen molar-refractivity contribution in [2.45, 2.75) is 25.8 Å². The van der Waals surface area contributed by atoms with Gasteiger partial charge in [-0.3, -0.25) is 9.78 Å². The highest BCUT2D eigenvalue weighted by Crippen LogP contribution is 2.35. The fourth-order valence-corrected chi connectivity index (χ4v) is 4.26. The van der Waals surface area contributed by atoms with E-state index in [-0.39, 0.29) is 5.91 Å². The minimum atomic E-state index is -0.0722. The van der Waals surface area contributed by atoms with Crippen LogP contribution in [0.1, 0.15) is 16.3 Å². The average Bonchev–Trinajstić information content (AvgIpc) is 2.80. The van der Waals surface area contributed by atoms with Crippen LogP contribution < -0.4 is 5.32 Å². The molecular weight excluding hydrogens is 328 g/mol. The van der Waals surface area contributed by atoms with Crippen molar-refractivity contribution in [3.63, 3.8) is 0 Å². The molecule has 0 unspecified atom stereocenters. The maximum atomic E-state index is 12.1. The van der Waals surface area contributed by atoms with E-state index >= 15 is 0 Å². The molecule has 0 fully saturated rings. The zero-order chi connectivity index (χ0) is 16.4. The summed E-state index contributed by atoms with van der Waals surface area (Å²) in [5.41, 5.74) is 1.89. The lowest BCUT2D eigenvalue weighted by Crippen LogP contribution is -2.14. The number of pyridine rings is 1. The van der Waals surface area contributed by atoms with Crippen molar-refractivity contribution in [2.75, 3.05) is 11.1 Å². The maximum absolute atomic E-state index is 12.1. The Balaban J connectivity index is 1.78. The van der Waals surface area contributed by atoms with Gasteiger partial charge in [-0.15, -0.1) is 11.3 Å². The third-order valence-electron chi connectivity index (χ3n) is 3.39. The van der Waals surface area contributed by atoms with Gasteiger partial charge in [-0.1, -0.05) is 11.8 Å². The van der Waals surface area contributed by atoms with Gasteiger partial charge in [0.1, 0.15) is 15.7 Å². The third kappa shape index (κ3) is 3.51. The second-order valence-electron chi connectivity index (χ2n) is 5.12. The molecule has 0 atom stereocenters. The van der Waals surface area contributed by atoms with Crippen molar-refractivity contribution < 1.29 is 4.79 Å². The number of nitrogens with zero attached hydrogens (tertiary/aromatic N) is 3. The first-order valence-corrected chi connectivity index (χ1v) is 8.92. The first-order valence-electron chi connectivity index (χ1n) is 7.11. The van der Waals surface area contributed by atoms with E-state index in [2.05, 4.69) is 34.1 Å². The number of aromatic nitrogens is 3. The van der Waals surface area contributed by atoms with Gasteiger partial charge in [0.05, 0.1) is 17.6 Å². The number of carbonyl (C=O) groups excluding carboxylic acids is 1. The molecule has 7 heteroatoms. The van der Waals surface area contributed by atoms with Gasteiger partial charge in [0.2, 0.25) is 5.91 Å². The van der Waals surface area contributed by atoms with Crippen molar-refractivity contribution in [3.05, 3.63) is 40.8 Å². The molecule has 0 saturated heterocycles. The lowest BCUT2D eigenvalue weighted by atomic mass is 10.2. The number of nitrogens with one attached hydrogen (secondary N) is 1. The summed E-state index contributed by atoms with van der Waals surface area (Å²) in [6.45, 7) is 6.04. The molecule has 23 heavy (non-hydrogen) atoms. The Hall–Kier alpha value is -1.99. The highest BCUT2D eigenvalue weighted by Gasteiger charge is 2.15. The summed E-state index contributed by atoms with van der Waals surface area (Å²) in [4.78, 5) is 27.3. The molecule has 0 aliphatic rings. The molecule has 3 aromatic heterocycles.